The summed E-state index contributed by atoms with van der Waals surface area (Å²) >= 11 is 0. The molecule has 0 unspecified atom stereocenters. The molecule has 0 saturated heterocycles. The lowest BCUT2D eigenvalue weighted by Crippen LogP contribution is -2.13. The second-order valence-electron chi connectivity index (χ2n) is 5.34. The van der Waals surface area contributed by atoms with Gasteiger partial charge < -0.3 is 5.32 Å². The van der Waals surface area contributed by atoms with Gasteiger partial charge in [0.25, 0.3) is 15.9 Å². The van der Waals surface area contributed by atoms with Crippen LogP contribution in [0.2, 0.25) is 0 Å². The van der Waals surface area contributed by atoms with E-state index in [1.807, 2.05) is 0 Å². The predicted molar refractivity (Wildman–Crippen MR) is 86.0 cm³/mol. The van der Waals surface area contributed by atoms with Crippen molar-refractivity contribution in [2.45, 2.75) is 11.8 Å². The summed E-state index contributed by atoms with van der Waals surface area (Å²) in [5.74, 6) is -0.00372. The number of amides is 1. The minimum atomic E-state index is -3.82. The molecule has 0 spiro atoms. The van der Waals surface area contributed by atoms with Crippen molar-refractivity contribution in [2.24, 2.45) is 0 Å². The van der Waals surface area contributed by atoms with Gasteiger partial charge in [0, 0.05) is 33.8 Å². The van der Waals surface area contributed by atoms with E-state index in [2.05, 4.69) is 20.2 Å². The van der Waals surface area contributed by atoms with Crippen molar-refractivity contribution in [3.05, 3.63) is 47.7 Å². The Labute approximate surface area is 131 Å². The van der Waals surface area contributed by atoms with Crippen molar-refractivity contribution in [3.8, 4) is 0 Å². The number of H-pyrrole nitrogens is 1. The van der Waals surface area contributed by atoms with Gasteiger partial charge in [-0.1, -0.05) is 12.1 Å². The highest BCUT2D eigenvalue weighted by Crippen LogP contribution is 2.36. The van der Waals surface area contributed by atoms with E-state index < -0.39 is 10.0 Å². The lowest BCUT2D eigenvalue weighted by atomic mass is 10.1. The number of aryl methyl sites for hydroxylation is 1. The molecular weight excluding hydrogens is 316 g/mol. The number of nitrogens with one attached hydrogen (secondary N) is 3. The number of rotatable bonds is 3. The topological polar surface area (TPSA) is 104 Å². The average molecular weight is 328 g/mol. The van der Waals surface area contributed by atoms with E-state index in [0.29, 0.717) is 22.0 Å². The molecule has 4 rings (SSSR count). The summed E-state index contributed by atoms with van der Waals surface area (Å²) in [5, 5.41) is 10.4. The number of carbonyl (C=O) groups is 1. The largest absolute Gasteiger partial charge is 0.321 e. The van der Waals surface area contributed by atoms with Gasteiger partial charge in [-0.05, 0) is 25.1 Å². The summed E-state index contributed by atoms with van der Waals surface area (Å²) in [4.78, 5) is 12.0. The van der Waals surface area contributed by atoms with E-state index >= 15 is 0 Å². The summed E-state index contributed by atoms with van der Waals surface area (Å²) in [6.45, 7) is 1.78. The van der Waals surface area contributed by atoms with E-state index in [1.165, 1.54) is 6.07 Å². The highest BCUT2D eigenvalue weighted by Gasteiger charge is 2.26. The minimum absolute atomic E-state index is 0.107. The van der Waals surface area contributed by atoms with Crippen LogP contribution < -0.4 is 10.0 Å². The Morgan fingerprint density at radius 1 is 1.17 bits per heavy atom. The van der Waals surface area contributed by atoms with Gasteiger partial charge in [-0.15, -0.1) is 0 Å². The lowest BCUT2D eigenvalue weighted by Gasteiger charge is -2.09. The third-order valence-electron chi connectivity index (χ3n) is 3.73. The molecule has 0 atom stereocenters. The number of benzene rings is 2. The van der Waals surface area contributed by atoms with Crippen LogP contribution in [-0.4, -0.2) is 24.5 Å². The van der Waals surface area contributed by atoms with E-state index in [9.17, 15) is 13.2 Å². The van der Waals surface area contributed by atoms with Crippen LogP contribution in [0.25, 0.3) is 10.8 Å². The molecule has 7 nitrogen and oxygen atoms in total. The second-order valence-corrected chi connectivity index (χ2v) is 6.99. The monoisotopic (exact) mass is 328 g/mol. The van der Waals surface area contributed by atoms with Gasteiger partial charge in [-0.2, -0.15) is 5.10 Å². The summed E-state index contributed by atoms with van der Waals surface area (Å²) in [5.41, 5.74) is 1.85. The Kier molecular flexibility index (Phi) is 2.73. The molecule has 116 valence electrons. The van der Waals surface area contributed by atoms with Crippen molar-refractivity contribution >= 4 is 38.2 Å². The number of sulfonamides is 1. The van der Waals surface area contributed by atoms with E-state index in [1.54, 1.807) is 37.3 Å². The molecule has 0 fully saturated rings. The maximum absolute atomic E-state index is 12.7. The average Bonchev–Trinajstić information content (AvgIpc) is 3.04. The first-order valence-electron chi connectivity index (χ1n) is 6.87. The maximum Gasteiger partial charge on any atom is 0.263 e. The fraction of sp³-hybridized carbons (Fsp3) is 0.0667. The molecule has 1 aromatic heterocycles. The summed E-state index contributed by atoms with van der Waals surface area (Å²) in [6, 6.07) is 9.71. The van der Waals surface area contributed by atoms with Gasteiger partial charge in [-0.25, -0.2) is 8.42 Å². The third kappa shape index (κ3) is 2.07. The molecule has 3 aromatic rings. The molecule has 2 aromatic carbocycles. The summed E-state index contributed by atoms with van der Waals surface area (Å²) in [7, 11) is -3.82. The first-order chi connectivity index (χ1) is 11.0. The molecule has 1 amide bonds. The number of hydrogen-bond donors (Lipinski definition) is 3. The molecule has 3 N–H and O–H groups in total. The molecule has 2 heterocycles. The Hall–Kier alpha value is -2.87. The van der Waals surface area contributed by atoms with Gasteiger partial charge in [0.2, 0.25) is 0 Å². The SMILES string of the molecule is Cc1cc(NS(=O)(=O)c2ccc3c4c(cccc24)C(=O)N3)n[nH]1. The van der Waals surface area contributed by atoms with Crippen LogP contribution in [0.4, 0.5) is 11.5 Å². The molecule has 0 saturated carbocycles. The van der Waals surface area contributed by atoms with E-state index in [-0.39, 0.29) is 16.6 Å². The Balaban J connectivity index is 1.90. The van der Waals surface area contributed by atoms with Gasteiger partial charge >= 0.3 is 0 Å². The second kappa shape index (κ2) is 4.56. The molecule has 0 radical (unpaired) electrons. The van der Waals surface area contributed by atoms with E-state index in [0.717, 1.165) is 5.69 Å². The van der Waals surface area contributed by atoms with Crippen LogP contribution >= 0.6 is 0 Å². The van der Waals surface area contributed by atoms with Crippen LogP contribution in [-0.2, 0) is 10.0 Å². The standard InChI is InChI=1S/C15H12N4O3S/c1-8-7-13(18-17-8)19-23(21,22)12-6-5-11-14-9(12)3-2-4-10(14)15(20)16-11/h2-7H,1H3,(H,16,20)(H2,17,18,19). The van der Waals surface area contributed by atoms with Gasteiger partial charge in [0.1, 0.15) is 0 Å². The van der Waals surface area contributed by atoms with Crippen molar-refractivity contribution in [2.75, 3.05) is 10.0 Å². The summed E-state index contributed by atoms with van der Waals surface area (Å²) in [6.07, 6.45) is 0. The number of nitrogens with zero attached hydrogens (tertiary/aromatic N) is 1. The predicted octanol–water partition coefficient (Wildman–Crippen LogP) is 2.24. The molecule has 1 aliphatic heterocycles. The van der Waals surface area contributed by atoms with Crippen LogP contribution in [0.1, 0.15) is 16.1 Å². The van der Waals surface area contributed by atoms with Gasteiger partial charge in [0.05, 0.1) is 4.90 Å². The molecule has 1 aliphatic rings. The van der Waals surface area contributed by atoms with Crippen LogP contribution in [0.3, 0.4) is 0 Å². The highest BCUT2D eigenvalue weighted by molar-refractivity contribution is 7.93. The van der Waals surface area contributed by atoms with Crippen LogP contribution in [0.15, 0.2) is 41.3 Å². The first-order valence-corrected chi connectivity index (χ1v) is 8.36. The Morgan fingerprint density at radius 3 is 2.74 bits per heavy atom. The first kappa shape index (κ1) is 13.8. The highest BCUT2D eigenvalue weighted by atomic mass is 32.2. The zero-order valence-electron chi connectivity index (χ0n) is 12.0. The number of carbonyl (C=O) groups excluding carboxylic acids is 1. The Morgan fingerprint density at radius 2 is 2.00 bits per heavy atom. The molecular formula is C15H12N4O3S. The van der Waals surface area contributed by atoms with Crippen LogP contribution in [0, 0.1) is 6.92 Å². The number of aromatic amines is 1. The number of hydrogen-bond acceptors (Lipinski definition) is 4. The third-order valence-corrected chi connectivity index (χ3v) is 5.14. The molecule has 23 heavy (non-hydrogen) atoms. The number of anilines is 2. The zero-order valence-corrected chi connectivity index (χ0v) is 12.9. The molecule has 8 heteroatoms. The minimum Gasteiger partial charge on any atom is -0.321 e. The van der Waals surface area contributed by atoms with Crippen molar-refractivity contribution in [3.63, 3.8) is 0 Å². The maximum atomic E-state index is 12.7. The summed E-state index contributed by atoms with van der Waals surface area (Å²) < 4.78 is 27.8. The lowest BCUT2D eigenvalue weighted by molar-refractivity contribution is 0.103. The van der Waals surface area contributed by atoms with Crippen molar-refractivity contribution < 1.29 is 13.2 Å². The van der Waals surface area contributed by atoms with Crippen LogP contribution in [0.5, 0.6) is 0 Å². The van der Waals surface area contributed by atoms with Crippen molar-refractivity contribution in [1.82, 2.24) is 10.2 Å². The van der Waals surface area contributed by atoms with Gasteiger partial charge in [0.15, 0.2) is 5.82 Å². The van der Waals surface area contributed by atoms with Gasteiger partial charge in [-0.3, -0.25) is 14.6 Å². The van der Waals surface area contributed by atoms with Crippen molar-refractivity contribution in [1.29, 1.82) is 0 Å². The molecule has 0 aliphatic carbocycles. The fourth-order valence-electron chi connectivity index (χ4n) is 2.76. The Bertz CT molecular complexity index is 1070. The normalized spacial score (nSPS) is 13.3. The molecule has 0 bridgehead atoms. The zero-order chi connectivity index (χ0) is 16.2. The number of aromatic nitrogens is 2. The van der Waals surface area contributed by atoms with E-state index in [4.69, 9.17) is 0 Å². The quantitative estimate of drug-likeness (QED) is 0.686. The smallest absolute Gasteiger partial charge is 0.263 e. The fourth-order valence-corrected chi connectivity index (χ4v) is 3.96.